The summed E-state index contributed by atoms with van der Waals surface area (Å²) in [6, 6.07) is 8.27. The van der Waals surface area contributed by atoms with E-state index in [1.54, 1.807) is 6.92 Å². The fourth-order valence-corrected chi connectivity index (χ4v) is 2.73. The van der Waals surface area contributed by atoms with E-state index >= 15 is 0 Å². The lowest BCUT2D eigenvalue weighted by atomic mass is 9.72. The van der Waals surface area contributed by atoms with Crippen molar-refractivity contribution >= 4 is 0 Å². The Morgan fingerprint density at radius 3 is 1.90 bits per heavy atom. The molecule has 0 bridgehead atoms. The van der Waals surface area contributed by atoms with E-state index in [2.05, 4.69) is 46.8 Å². The van der Waals surface area contributed by atoms with Gasteiger partial charge in [-0.2, -0.15) is 0 Å². The minimum absolute atomic E-state index is 0.146. The second-order valence-corrected chi connectivity index (χ2v) is 7.71. The first-order chi connectivity index (χ1) is 9.01. The van der Waals surface area contributed by atoms with Crippen LogP contribution in [-0.2, 0) is 5.41 Å². The molecule has 0 fully saturated rings. The first-order valence-corrected chi connectivity index (χ1v) is 7.46. The zero-order chi connectivity index (χ0) is 15.6. The Hall–Kier alpha value is -1.02. The normalized spacial score (nSPS) is 15.8. The molecule has 0 saturated heterocycles. The molecule has 1 aromatic rings. The topological polar surface area (TPSA) is 29.5 Å². The maximum absolute atomic E-state index is 9.47. The van der Waals surface area contributed by atoms with Gasteiger partial charge >= 0.3 is 0 Å². The van der Waals surface area contributed by atoms with Crippen molar-refractivity contribution < 1.29 is 9.84 Å². The summed E-state index contributed by atoms with van der Waals surface area (Å²) in [5.41, 5.74) is 1.77. The Morgan fingerprint density at radius 1 is 1.00 bits per heavy atom. The van der Waals surface area contributed by atoms with E-state index < -0.39 is 6.10 Å². The molecule has 0 aromatic heterocycles. The zero-order valence-corrected chi connectivity index (χ0v) is 14.0. The number of ether oxygens (including phenoxy) is 1. The van der Waals surface area contributed by atoms with Crippen LogP contribution in [-0.4, -0.2) is 17.3 Å². The van der Waals surface area contributed by atoms with Crippen molar-refractivity contribution in [1.29, 1.82) is 0 Å². The van der Waals surface area contributed by atoms with E-state index in [0.717, 1.165) is 12.2 Å². The Labute approximate surface area is 124 Å². The van der Waals surface area contributed by atoms with Crippen LogP contribution in [0.1, 0.15) is 60.5 Å². The third kappa shape index (κ3) is 5.16. The SMILES string of the molecule is CC(Oc1ccc(C(C)(C)CC(C)(C)C)cc1)[C@H](C)O. The smallest absolute Gasteiger partial charge is 0.121 e. The molecule has 1 N–H and O–H groups in total. The van der Waals surface area contributed by atoms with Gasteiger partial charge in [0.15, 0.2) is 0 Å². The van der Waals surface area contributed by atoms with Crippen LogP contribution in [0.4, 0.5) is 0 Å². The Bertz CT molecular complexity index is 410. The van der Waals surface area contributed by atoms with E-state index in [-0.39, 0.29) is 11.5 Å². The van der Waals surface area contributed by atoms with E-state index in [1.165, 1.54) is 5.56 Å². The predicted octanol–water partition coefficient (Wildman–Crippen LogP) is 4.55. The lowest BCUT2D eigenvalue weighted by Gasteiger charge is -2.33. The first kappa shape index (κ1) is 17.0. The second kappa shape index (κ2) is 6.17. The highest BCUT2D eigenvalue weighted by atomic mass is 16.5. The Kier molecular flexibility index (Phi) is 5.26. The number of hydrogen-bond donors (Lipinski definition) is 1. The van der Waals surface area contributed by atoms with Crippen molar-refractivity contribution in [3.63, 3.8) is 0 Å². The van der Waals surface area contributed by atoms with Crippen LogP contribution in [0.3, 0.4) is 0 Å². The lowest BCUT2D eigenvalue weighted by molar-refractivity contribution is 0.0604. The molecule has 2 nitrogen and oxygen atoms in total. The van der Waals surface area contributed by atoms with Gasteiger partial charge in [-0.15, -0.1) is 0 Å². The number of benzene rings is 1. The van der Waals surface area contributed by atoms with Gasteiger partial charge in [0.2, 0.25) is 0 Å². The van der Waals surface area contributed by atoms with Crippen LogP contribution in [0.5, 0.6) is 5.75 Å². The maximum atomic E-state index is 9.47. The maximum Gasteiger partial charge on any atom is 0.121 e. The number of rotatable bonds is 5. The van der Waals surface area contributed by atoms with Gasteiger partial charge in [-0.25, -0.2) is 0 Å². The van der Waals surface area contributed by atoms with Gasteiger partial charge in [-0.05, 0) is 48.8 Å². The molecule has 0 radical (unpaired) electrons. The van der Waals surface area contributed by atoms with Gasteiger partial charge in [0, 0.05) is 0 Å². The fraction of sp³-hybridized carbons (Fsp3) is 0.667. The van der Waals surface area contributed by atoms with E-state index in [0.29, 0.717) is 5.41 Å². The van der Waals surface area contributed by atoms with Crippen molar-refractivity contribution in [2.75, 3.05) is 0 Å². The summed E-state index contributed by atoms with van der Waals surface area (Å²) in [6.45, 7) is 15.0. The molecule has 1 aromatic carbocycles. The molecule has 1 unspecified atom stereocenters. The van der Waals surface area contributed by atoms with Crippen molar-refractivity contribution in [3.05, 3.63) is 29.8 Å². The van der Waals surface area contributed by atoms with Crippen LogP contribution in [0.15, 0.2) is 24.3 Å². The summed E-state index contributed by atoms with van der Waals surface area (Å²) in [5.74, 6) is 0.814. The molecule has 2 heteroatoms. The largest absolute Gasteiger partial charge is 0.488 e. The zero-order valence-electron chi connectivity index (χ0n) is 14.0. The van der Waals surface area contributed by atoms with E-state index in [1.807, 2.05) is 19.1 Å². The molecule has 0 aliphatic rings. The summed E-state index contributed by atoms with van der Waals surface area (Å²) in [5, 5.41) is 9.47. The molecule has 0 saturated carbocycles. The highest BCUT2D eigenvalue weighted by Crippen LogP contribution is 2.36. The molecule has 0 aliphatic heterocycles. The van der Waals surface area contributed by atoms with Crippen molar-refractivity contribution in [2.45, 2.75) is 72.5 Å². The molecule has 20 heavy (non-hydrogen) atoms. The van der Waals surface area contributed by atoms with Crippen molar-refractivity contribution in [3.8, 4) is 5.75 Å². The van der Waals surface area contributed by atoms with Gasteiger partial charge in [0.05, 0.1) is 6.10 Å². The van der Waals surface area contributed by atoms with Crippen molar-refractivity contribution in [2.24, 2.45) is 5.41 Å². The van der Waals surface area contributed by atoms with Gasteiger partial charge in [-0.3, -0.25) is 0 Å². The molecule has 0 aliphatic carbocycles. The molecular formula is C18H30O2. The molecule has 2 atom stereocenters. The summed E-state index contributed by atoms with van der Waals surface area (Å²) >= 11 is 0. The quantitative estimate of drug-likeness (QED) is 0.856. The minimum Gasteiger partial charge on any atom is -0.488 e. The van der Waals surface area contributed by atoms with Crippen LogP contribution >= 0.6 is 0 Å². The van der Waals surface area contributed by atoms with Crippen LogP contribution in [0.25, 0.3) is 0 Å². The van der Waals surface area contributed by atoms with Crippen molar-refractivity contribution in [1.82, 2.24) is 0 Å². The number of aliphatic hydroxyl groups is 1. The van der Waals surface area contributed by atoms with Gasteiger partial charge in [-0.1, -0.05) is 46.8 Å². The minimum atomic E-state index is -0.466. The van der Waals surface area contributed by atoms with Crippen LogP contribution in [0.2, 0.25) is 0 Å². The fourth-order valence-electron chi connectivity index (χ4n) is 2.73. The highest BCUT2D eigenvalue weighted by molar-refractivity contribution is 5.32. The summed E-state index contributed by atoms with van der Waals surface area (Å²) in [7, 11) is 0. The van der Waals surface area contributed by atoms with Gasteiger partial charge < -0.3 is 9.84 Å². The van der Waals surface area contributed by atoms with Crippen LogP contribution < -0.4 is 4.74 Å². The van der Waals surface area contributed by atoms with Gasteiger partial charge in [0.25, 0.3) is 0 Å². The third-order valence-electron chi connectivity index (χ3n) is 3.61. The number of aliphatic hydroxyl groups excluding tert-OH is 1. The van der Waals surface area contributed by atoms with E-state index in [9.17, 15) is 5.11 Å². The molecule has 0 amide bonds. The molecule has 1 rings (SSSR count). The summed E-state index contributed by atoms with van der Waals surface area (Å²) < 4.78 is 5.69. The first-order valence-electron chi connectivity index (χ1n) is 7.46. The van der Waals surface area contributed by atoms with Crippen LogP contribution in [0, 0.1) is 5.41 Å². The summed E-state index contributed by atoms with van der Waals surface area (Å²) in [6.07, 6.45) is 0.472. The highest BCUT2D eigenvalue weighted by Gasteiger charge is 2.27. The van der Waals surface area contributed by atoms with Gasteiger partial charge in [0.1, 0.15) is 11.9 Å². The number of hydrogen-bond acceptors (Lipinski definition) is 2. The molecule has 114 valence electrons. The summed E-state index contributed by atoms with van der Waals surface area (Å²) in [4.78, 5) is 0. The van der Waals surface area contributed by atoms with E-state index in [4.69, 9.17) is 4.74 Å². The molecule has 0 heterocycles. The average molecular weight is 278 g/mol. The predicted molar refractivity (Wildman–Crippen MR) is 85.3 cm³/mol. The molecule has 0 spiro atoms. The Balaban J connectivity index is 2.80. The Morgan fingerprint density at radius 2 is 1.50 bits per heavy atom. The standard InChI is InChI=1S/C18H30O2/c1-13(19)14(2)20-16-10-8-15(9-11-16)18(6,7)12-17(3,4)5/h8-11,13-14,19H,12H2,1-7H3/t13-,14?/m0/s1. The molecular weight excluding hydrogens is 248 g/mol. The lowest BCUT2D eigenvalue weighted by Crippen LogP contribution is -2.26. The second-order valence-electron chi connectivity index (χ2n) is 7.71. The monoisotopic (exact) mass is 278 g/mol. The third-order valence-corrected chi connectivity index (χ3v) is 3.61. The average Bonchev–Trinajstić information content (AvgIpc) is 2.26.